The number of hydrogen-bond acceptors (Lipinski definition) is 3. The number of rotatable bonds is 3. The van der Waals surface area contributed by atoms with Gasteiger partial charge in [-0.25, -0.2) is 4.98 Å². The molecule has 0 radical (unpaired) electrons. The van der Waals surface area contributed by atoms with E-state index in [9.17, 15) is 4.79 Å². The second-order valence-electron chi connectivity index (χ2n) is 7.01. The molecule has 1 aromatic heterocycles. The molecule has 0 spiro atoms. The van der Waals surface area contributed by atoms with Crippen LogP contribution in [0.5, 0.6) is 0 Å². The largest absolute Gasteiger partial charge is 0.357 e. The van der Waals surface area contributed by atoms with E-state index in [1.807, 2.05) is 24.1 Å². The number of amides is 1. The zero-order valence-corrected chi connectivity index (χ0v) is 14.3. The highest BCUT2D eigenvalue weighted by Crippen LogP contribution is 2.23. The normalized spacial score (nSPS) is 20.1. The van der Waals surface area contributed by atoms with Gasteiger partial charge in [0.25, 0.3) is 5.91 Å². The molecule has 1 aliphatic carbocycles. The van der Waals surface area contributed by atoms with Crippen LogP contribution < -0.4 is 4.90 Å². The second kappa shape index (κ2) is 7.80. The van der Waals surface area contributed by atoms with Gasteiger partial charge < -0.3 is 9.80 Å². The lowest BCUT2D eigenvalue weighted by molar-refractivity contribution is 0.0696. The fourth-order valence-corrected chi connectivity index (χ4v) is 3.84. The SMILES string of the molecule is CN(C(=O)c1ccc(N2CCCCCC2)nc1)C1CCCCC1. The average Bonchev–Trinajstić information content (AvgIpc) is 2.91. The van der Waals surface area contributed by atoms with Crippen LogP contribution in [0.25, 0.3) is 0 Å². The third-order valence-electron chi connectivity index (χ3n) is 5.37. The zero-order chi connectivity index (χ0) is 16.1. The van der Waals surface area contributed by atoms with Crippen molar-refractivity contribution in [3.8, 4) is 0 Å². The van der Waals surface area contributed by atoms with Gasteiger partial charge in [0.1, 0.15) is 5.82 Å². The Morgan fingerprint density at radius 1 is 1.04 bits per heavy atom. The molecule has 1 amide bonds. The molecule has 4 nitrogen and oxygen atoms in total. The number of nitrogens with zero attached hydrogens (tertiary/aromatic N) is 3. The highest BCUT2D eigenvalue weighted by atomic mass is 16.2. The third-order valence-corrected chi connectivity index (χ3v) is 5.37. The van der Waals surface area contributed by atoms with Crippen LogP contribution >= 0.6 is 0 Å². The minimum Gasteiger partial charge on any atom is -0.357 e. The molecular formula is C19H29N3O. The van der Waals surface area contributed by atoms with Crippen LogP contribution in [0.3, 0.4) is 0 Å². The van der Waals surface area contributed by atoms with E-state index in [0.717, 1.165) is 37.3 Å². The summed E-state index contributed by atoms with van der Waals surface area (Å²) >= 11 is 0. The standard InChI is InChI=1S/C19H29N3O/c1-21(17-9-5-4-6-10-17)19(23)16-11-12-18(20-15-16)22-13-7-2-3-8-14-22/h11-12,15,17H,2-10,13-14H2,1H3. The van der Waals surface area contributed by atoms with Gasteiger partial charge in [0.2, 0.25) is 0 Å². The van der Waals surface area contributed by atoms with Gasteiger partial charge >= 0.3 is 0 Å². The van der Waals surface area contributed by atoms with Crippen LogP contribution in [0.2, 0.25) is 0 Å². The van der Waals surface area contributed by atoms with Gasteiger partial charge in [0.05, 0.1) is 5.56 Å². The van der Waals surface area contributed by atoms with E-state index in [4.69, 9.17) is 0 Å². The van der Waals surface area contributed by atoms with Crippen molar-refractivity contribution in [1.29, 1.82) is 0 Å². The molecular weight excluding hydrogens is 286 g/mol. The highest BCUT2D eigenvalue weighted by molar-refractivity contribution is 5.94. The quantitative estimate of drug-likeness (QED) is 0.849. The first kappa shape index (κ1) is 16.3. The monoisotopic (exact) mass is 315 g/mol. The molecule has 1 saturated carbocycles. The summed E-state index contributed by atoms with van der Waals surface area (Å²) in [4.78, 5) is 21.5. The maximum atomic E-state index is 12.7. The number of carbonyl (C=O) groups is 1. The molecule has 2 aliphatic rings. The zero-order valence-electron chi connectivity index (χ0n) is 14.3. The predicted octanol–water partition coefficient (Wildman–Crippen LogP) is 3.87. The van der Waals surface area contributed by atoms with Gasteiger partial charge in [-0.1, -0.05) is 32.1 Å². The van der Waals surface area contributed by atoms with Crippen molar-refractivity contribution < 1.29 is 4.79 Å². The summed E-state index contributed by atoms with van der Waals surface area (Å²) in [6.45, 7) is 2.17. The summed E-state index contributed by atoms with van der Waals surface area (Å²) in [6.07, 6.45) is 13.0. The Bertz CT molecular complexity index is 500. The Morgan fingerprint density at radius 2 is 1.70 bits per heavy atom. The van der Waals surface area contributed by atoms with Gasteiger partial charge in [-0.05, 0) is 37.8 Å². The molecule has 3 rings (SSSR count). The Morgan fingerprint density at radius 3 is 2.30 bits per heavy atom. The maximum absolute atomic E-state index is 12.7. The molecule has 0 bridgehead atoms. The minimum absolute atomic E-state index is 0.117. The van der Waals surface area contributed by atoms with Crippen molar-refractivity contribution >= 4 is 11.7 Å². The van der Waals surface area contributed by atoms with Crippen LogP contribution in [0.1, 0.15) is 68.1 Å². The summed E-state index contributed by atoms with van der Waals surface area (Å²) < 4.78 is 0. The summed E-state index contributed by atoms with van der Waals surface area (Å²) in [5.74, 6) is 1.13. The van der Waals surface area contributed by atoms with Gasteiger partial charge in [0, 0.05) is 32.4 Å². The Balaban J connectivity index is 1.64. The number of aromatic nitrogens is 1. The smallest absolute Gasteiger partial charge is 0.255 e. The number of carbonyl (C=O) groups excluding carboxylic acids is 1. The Labute approximate surface area is 139 Å². The number of pyridine rings is 1. The van der Waals surface area contributed by atoms with Crippen molar-refractivity contribution in [3.63, 3.8) is 0 Å². The Hall–Kier alpha value is -1.58. The van der Waals surface area contributed by atoms with Crippen LogP contribution in [0, 0.1) is 0 Å². The molecule has 1 saturated heterocycles. The molecule has 0 atom stereocenters. The van der Waals surface area contributed by atoms with Gasteiger partial charge in [-0.15, -0.1) is 0 Å². The first-order valence-corrected chi connectivity index (χ1v) is 9.24. The average molecular weight is 315 g/mol. The van der Waals surface area contributed by atoms with Crippen LogP contribution in [0.4, 0.5) is 5.82 Å². The van der Waals surface area contributed by atoms with Crippen molar-refractivity contribution in [2.24, 2.45) is 0 Å². The molecule has 2 fully saturated rings. The molecule has 126 valence electrons. The van der Waals surface area contributed by atoms with Gasteiger partial charge in [-0.3, -0.25) is 4.79 Å². The van der Waals surface area contributed by atoms with E-state index in [1.165, 1.54) is 44.9 Å². The van der Waals surface area contributed by atoms with Gasteiger partial charge in [-0.2, -0.15) is 0 Å². The fraction of sp³-hybridized carbons (Fsp3) is 0.684. The summed E-state index contributed by atoms with van der Waals surface area (Å²) in [5.41, 5.74) is 0.719. The molecule has 0 unspecified atom stereocenters. The first-order valence-electron chi connectivity index (χ1n) is 9.24. The molecule has 1 aliphatic heterocycles. The summed E-state index contributed by atoms with van der Waals surface area (Å²) in [5, 5.41) is 0. The molecule has 4 heteroatoms. The van der Waals surface area contributed by atoms with E-state index in [-0.39, 0.29) is 5.91 Å². The fourth-order valence-electron chi connectivity index (χ4n) is 3.84. The second-order valence-corrected chi connectivity index (χ2v) is 7.01. The Kier molecular flexibility index (Phi) is 5.52. The molecule has 2 heterocycles. The number of anilines is 1. The predicted molar refractivity (Wildman–Crippen MR) is 93.9 cm³/mol. The maximum Gasteiger partial charge on any atom is 0.255 e. The van der Waals surface area contributed by atoms with E-state index < -0.39 is 0 Å². The van der Waals surface area contributed by atoms with Gasteiger partial charge in [0.15, 0.2) is 0 Å². The lowest BCUT2D eigenvalue weighted by atomic mass is 9.94. The minimum atomic E-state index is 0.117. The van der Waals surface area contributed by atoms with Crippen LogP contribution in [-0.4, -0.2) is 42.0 Å². The molecule has 0 aromatic carbocycles. The molecule has 23 heavy (non-hydrogen) atoms. The van der Waals surface area contributed by atoms with Crippen molar-refractivity contribution in [3.05, 3.63) is 23.9 Å². The highest BCUT2D eigenvalue weighted by Gasteiger charge is 2.23. The van der Waals surface area contributed by atoms with E-state index in [2.05, 4.69) is 9.88 Å². The van der Waals surface area contributed by atoms with E-state index in [1.54, 1.807) is 6.20 Å². The lowest BCUT2D eigenvalue weighted by Crippen LogP contribution is -2.38. The van der Waals surface area contributed by atoms with Crippen molar-refractivity contribution in [2.75, 3.05) is 25.0 Å². The van der Waals surface area contributed by atoms with E-state index >= 15 is 0 Å². The first-order chi connectivity index (χ1) is 11.3. The van der Waals surface area contributed by atoms with E-state index in [0.29, 0.717) is 6.04 Å². The molecule has 0 N–H and O–H groups in total. The number of hydrogen-bond donors (Lipinski definition) is 0. The lowest BCUT2D eigenvalue weighted by Gasteiger charge is -2.31. The van der Waals surface area contributed by atoms with Crippen molar-refractivity contribution in [1.82, 2.24) is 9.88 Å². The third kappa shape index (κ3) is 4.04. The van der Waals surface area contributed by atoms with Crippen LogP contribution in [0.15, 0.2) is 18.3 Å². The topological polar surface area (TPSA) is 36.4 Å². The van der Waals surface area contributed by atoms with Crippen LogP contribution in [-0.2, 0) is 0 Å². The summed E-state index contributed by atoms with van der Waals surface area (Å²) in [6, 6.07) is 4.38. The summed E-state index contributed by atoms with van der Waals surface area (Å²) in [7, 11) is 1.95. The van der Waals surface area contributed by atoms with Crippen molar-refractivity contribution in [2.45, 2.75) is 63.8 Å². The molecule has 1 aromatic rings.